The second kappa shape index (κ2) is 7.85. The highest BCUT2D eigenvalue weighted by Crippen LogP contribution is 2.21. The van der Waals surface area contributed by atoms with Gasteiger partial charge >= 0.3 is 5.97 Å². The topological polar surface area (TPSA) is 26.3 Å². The Labute approximate surface area is 125 Å². The van der Waals surface area contributed by atoms with E-state index in [4.69, 9.17) is 4.74 Å². The molecule has 0 heterocycles. The fourth-order valence-corrected chi connectivity index (χ4v) is 6.53. The average Bonchev–Trinajstić information content (AvgIpc) is 2.33. The van der Waals surface area contributed by atoms with E-state index in [9.17, 15) is 4.79 Å². The molecule has 0 aromatic heterocycles. The van der Waals surface area contributed by atoms with Gasteiger partial charge in [0, 0.05) is 19.3 Å². The molecule has 0 N–H and O–H groups in total. The van der Waals surface area contributed by atoms with Crippen LogP contribution in [0.5, 0.6) is 0 Å². The fourth-order valence-electron chi connectivity index (χ4n) is 1.85. The molecule has 1 aromatic carbocycles. The van der Waals surface area contributed by atoms with E-state index in [0.717, 1.165) is 12.0 Å². The summed E-state index contributed by atoms with van der Waals surface area (Å²) in [6, 6.07) is 11.0. The first-order chi connectivity index (χ1) is 8.87. The minimum atomic E-state index is -1.06. The highest BCUT2D eigenvalue weighted by atomic mass is 79.9. The van der Waals surface area contributed by atoms with Crippen molar-refractivity contribution >= 4 is 30.0 Å². The summed E-state index contributed by atoms with van der Waals surface area (Å²) in [5.41, 5.74) is 1.04. The van der Waals surface area contributed by atoms with Gasteiger partial charge in [-0.05, 0) is 18.0 Å². The van der Waals surface area contributed by atoms with Gasteiger partial charge in [-0.1, -0.05) is 65.9 Å². The molecule has 4 heteroatoms. The maximum atomic E-state index is 11.7. The largest absolute Gasteiger partial charge is 0.461 e. The molecule has 0 aliphatic heterocycles. The van der Waals surface area contributed by atoms with Gasteiger partial charge in [0.2, 0.25) is 0 Å². The van der Waals surface area contributed by atoms with Crippen molar-refractivity contribution in [2.45, 2.75) is 50.0 Å². The molecule has 0 radical (unpaired) electrons. The van der Waals surface area contributed by atoms with Crippen LogP contribution in [0.15, 0.2) is 30.3 Å². The van der Waals surface area contributed by atoms with Crippen LogP contribution in [0.25, 0.3) is 0 Å². The Bertz CT molecular complexity index is 387. The van der Waals surface area contributed by atoms with Gasteiger partial charge in [0.25, 0.3) is 0 Å². The number of carbonyl (C=O) groups is 1. The van der Waals surface area contributed by atoms with E-state index in [2.05, 4.69) is 35.6 Å². The summed E-state index contributed by atoms with van der Waals surface area (Å²) in [4.78, 5) is 12.1. The number of halogens is 1. The van der Waals surface area contributed by atoms with E-state index >= 15 is 0 Å². The second-order valence-corrected chi connectivity index (χ2v) is 12.9. The number of alkyl halides is 1. The van der Waals surface area contributed by atoms with Crippen molar-refractivity contribution in [3.8, 4) is 0 Å². The summed E-state index contributed by atoms with van der Waals surface area (Å²) < 4.78 is 5.26. The Morgan fingerprint density at radius 3 is 2.47 bits per heavy atom. The molecule has 0 bridgehead atoms. The van der Waals surface area contributed by atoms with Gasteiger partial charge < -0.3 is 4.74 Å². The van der Waals surface area contributed by atoms with Crippen molar-refractivity contribution in [2.24, 2.45) is 0 Å². The van der Waals surface area contributed by atoms with E-state index in [1.807, 2.05) is 30.3 Å². The number of ether oxygens (including phenoxy) is 1. The van der Waals surface area contributed by atoms with E-state index in [1.165, 1.54) is 6.04 Å². The molecule has 0 saturated heterocycles. The van der Waals surface area contributed by atoms with Crippen LogP contribution in [0.2, 0.25) is 25.7 Å². The predicted octanol–water partition coefficient (Wildman–Crippen LogP) is 4.61. The van der Waals surface area contributed by atoms with Crippen LogP contribution in [0.1, 0.15) is 18.4 Å². The Balaban J connectivity index is 2.21. The van der Waals surface area contributed by atoms with Gasteiger partial charge in [0.15, 0.2) is 0 Å². The minimum absolute atomic E-state index is 0.108. The summed E-state index contributed by atoms with van der Waals surface area (Å²) in [7, 11) is -1.06. The lowest BCUT2D eigenvalue weighted by Crippen LogP contribution is -2.24. The Morgan fingerprint density at radius 1 is 1.26 bits per heavy atom. The Morgan fingerprint density at radius 2 is 1.89 bits per heavy atom. The van der Waals surface area contributed by atoms with E-state index in [-0.39, 0.29) is 5.97 Å². The second-order valence-electron chi connectivity index (χ2n) is 6.05. The molecule has 1 aromatic rings. The SMILES string of the molecule is C[Si](C)(C)CC(Br)CCC(=O)OCc1ccccc1. The molecule has 0 aliphatic carbocycles. The van der Waals surface area contributed by atoms with E-state index in [1.54, 1.807) is 0 Å². The van der Waals surface area contributed by atoms with E-state index in [0.29, 0.717) is 17.9 Å². The normalized spacial score (nSPS) is 13.1. The number of rotatable bonds is 7. The van der Waals surface area contributed by atoms with Crippen LogP contribution in [0.4, 0.5) is 0 Å². The maximum absolute atomic E-state index is 11.7. The van der Waals surface area contributed by atoms with Crippen LogP contribution in [-0.2, 0) is 16.1 Å². The lowest BCUT2D eigenvalue weighted by atomic mass is 10.2. The van der Waals surface area contributed by atoms with Crippen molar-refractivity contribution < 1.29 is 9.53 Å². The molecule has 1 rings (SSSR count). The number of hydrogen-bond acceptors (Lipinski definition) is 2. The Kier molecular flexibility index (Phi) is 6.79. The zero-order valence-corrected chi connectivity index (χ0v) is 14.6. The molecule has 106 valence electrons. The molecule has 0 spiro atoms. The zero-order chi connectivity index (χ0) is 14.3. The summed E-state index contributed by atoms with van der Waals surface area (Å²) >= 11 is 3.67. The maximum Gasteiger partial charge on any atom is 0.306 e. The predicted molar refractivity (Wildman–Crippen MR) is 86.3 cm³/mol. The van der Waals surface area contributed by atoms with Crippen molar-refractivity contribution in [1.29, 1.82) is 0 Å². The number of carbonyl (C=O) groups excluding carboxylic acids is 1. The number of esters is 1. The third-order valence-corrected chi connectivity index (χ3v) is 5.83. The first-order valence-corrected chi connectivity index (χ1v) is 11.3. The molecule has 0 aliphatic rings. The molecule has 19 heavy (non-hydrogen) atoms. The van der Waals surface area contributed by atoms with Gasteiger partial charge in [-0.2, -0.15) is 0 Å². The third-order valence-electron chi connectivity index (χ3n) is 2.74. The summed E-state index contributed by atoms with van der Waals surface area (Å²) in [6.45, 7) is 7.40. The van der Waals surface area contributed by atoms with Gasteiger partial charge in [-0.3, -0.25) is 4.79 Å². The lowest BCUT2D eigenvalue weighted by molar-refractivity contribution is -0.145. The smallest absolute Gasteiger partial charge is 0.306 e. The van der Waals surface area contributed by atoms with Crippen LogP contribution in [-0.4, -0.2) is 18.9 Å². The molecule has 1 atom stereocenters. The van der Waals surface area contributed by atoms with Crippen LogP contribution in [0.3, 0.4) is 0 Å². The zero-order valence-electron chi connectivity index (χ0n) is 12.0. The first kappa shape index (κ1) is 16.4. The molecule has 0 saturated carbocycles. The van der Waals surface area contributed by atoms with Crippen LogP contribution >= 0.6 is 15.9 Å². The Hall–Kier alpha value is -0.613. The lowest BCUT2D eigenvalue weighted by Gasteiger charge is -2.19. The molecule has 1 unspecified atom stereocenters. The quantitative estimate of drug-likeness (QED) is 0.410. The minimum Gasteiger partial charge on any atom is -0.461 e. The highest BCUT2D eigenvalue weighted by Gasteiger charge is 2.19. The number of hydrogen-bond donors (Lipinski definition) is 0. The van der Waals surface area contributed by atoms with Crippen molar-refractivity contribution in [2.75, 3.05) is 0 Å². The molecule has 0 amide bonds. The molecular weight excluding hydrogens is 320 g/mol. The summed E-state index contributed by atoms with van der Waals surface area (Å²) in [5.74, 6) is -0.108. The average molecular weight is 343 g/mol. The fraction of sp³-hybridized carbons (Fsp3) is 0.533. The van der Waals surface area contributed by atoms with Crippen molar-refractivity contribution in [1.82, 2.24) is 0 Å². The van der Waals surface area contributed by atoms with Gasteiger partial charge in [0.1, 0.15) is 6.61 Å². The summed E-state index contributed by atoms with van der Waals surface area (Å²) in [6.07, 6.45) is 1.35. The first-order valence-electron chi connectivity index (χ1n) is 6.70. The van der Waals surface area contributed by atoms with Gasteiger partial charge in [0.05, 0.1) is 0 Å². The number of benzene rings is 1. The highest BCUT2D eigenvalue weighted by molar-refractivity contribution is 9.09. The van der Waals surface area contributed by atoms with Crippen LogP contribution < -0.4 is 0 Å². The van der Waals surface area contributed by atoms with Crippen LogP contribution in [0, 0.1) is 0 Å². The standard InChI is InChI=1S/C15H23BrO2Si/c1-19(2,3)12-14(16)9-10-15(17)18-11-13-7-5-4-6-8-13/h4-8,14H,9-12H2,1-3H3. The molecular formula is C15H23BrO2Si. The molecule has 0 fully saturated rings. The third kappa shape index (κ3) is 8.21. The van der Waals surface area contributed by atoms with E-state index < -0.39 is 8.07 Å². The molecule has 2 nitrogen and oxygen atoms in total. The van der Waals surface area contributed by atoms with Gasteiger partial charge in [-0.15, -0.1) is 0 Å². The monoisotopic (exact) mass is 342 g/mol. The summed E-state index contributed by atoms with van der Waals surface area (Å²) in [5, 5.41) is 0. The van der Waals surface area contributed by atoms with Gasteiger partial charge in [-0.25, -0.2) is 0 Å². The van der Waals surface area contributed by atoms with Crippen molar-refractivity contribution in [3.05, 3.63) is 35.9 Å². The van der Waals surface area contributed by atoms with Crippen molar-refractivity contribution in [3.63, 3.8) is 0 Å².